The molecule has 1 aliphatic rings. The number of thiophene rings is 1. The Labute approximate surface area is 121 Å². The molecule has 1 saturated heterocycles. The zero-order valence-electron chi connectivity index (χ0n) is 10.9. The van der Waals surface area contributed by atoms with Crippen molar-refractivity contribution >= 4 is 27.3 Å². The molecule has 1 fully saturated rings. The fraction of sp³-hybridized carbons (Fsp3) is 0.583. The fourth-order valence-corrected chi connectivity index (χ4v) is 5.27. The van der Waals surface area contributed by atoms with Crippen LogP contribution in [-0.4, -0.2) is 48.1 Å². The van der Waals surface area contributed by atoms with Crippen LogP contribution < -0.4 is 0 Å². The van der Waals surface area contributed by atoms with Crippen LogP contribution in [0, 0.1) is 0 Å². The van der Waals surface area contributed by atoms with Crippen molar-refractivity contribution < 1.29 is 23.4 Å². The number of aromatic carboxylic acids is 1. The average molecular weight is 319 g/mol. The highest BCUT2D eigenvalue weighted by Gasteiger charge is 2.35. The van der Waals surface area contributed by atoms with Crippen molar-refractivity contribution in [2.45, 2.75) is 36.6 Å². The zero-order chi connectivity index (χ0) is 14.8. The van der Waals surface area contributed by atoms with Gasteiger partial charge >= 0.3 is 5.97 Å². The average Bonchev–Trinajstić information content (AvgIpc) is 3.05. The molecule has 1 aliphatic heterocycles. The van der Waals surface area contributed by atoms with Crippen LogP contribution in [0.2, 0.25) is 0 Å². The molecule has 1 aromatic heterocycles. The van der Waals surface area contributed by atoms with Gasteiger partial charge in [0.05, 0.1) is 4.90 Å². The maximum absolute atomic E-state index is 12.5. The third kappa shape index (κ3) is 3.03. The van der Waals surface area contributed by atoms with Crippen LogP contribution in [0.3, 0.4) is 0 Å². The lowest BCUT2D eigenvalue weighted by Crippen LogP contribution is -2.35. The second-order valence-electron chi connectivity index (χ2n) is 4.73. The summed E-state index contributed by atoms with van der Waals surface area (Å²) in [6.07, 6.45) is 2.78. The lowest BCUT2D eigenvalue weighted by Gasteiger charge is -2.23. The van der Waals surface area contributed by atoms with E-state index in [1.54, 1.807) is 0 Å². The van der Waals surface area contributed by atoms with E-state index >= 15 is 0 Å². The molecule has 20 heavy (non-hydrogen) atoms. The highest BCUT2D eigenvalue weighted by molar-refractivity contribution is 7.89. The van der Waals surface area contributed by atoms with E-state index in [1.165, 1.54) is 15.8 Å². The molecule has 2 N–H and O–H groups in total. The minimum absolute atomic E-state index is 0.0229. The number of rotatable bonds is 6. The first kappa shape index (κ1) is 15.4. The molecule has 112 valence electrons. The number of hydrogen-bond acceptors (Lipinski definition) is 5. The SMILES string of the molecule is O=C(O)c1cc(S(=O)(=O)N2CCCC2CCCO)cs1. The van der Waals surface area contributed by atoms with Crippen LogP contribution in [0.15, 0.2) is 16.3 Å². The summed E-state index contributed by atoms with van der Waals surface area (Å²) in [4.78, 5) is 10.9. The molecule has 2 rings (SSSR count). The quantitative estimate of drug-likeness (QED) is 0.826. The molecule has 8 heteroatoms. The highest BCUT2D eigenvalue weighted by Crippen LogP contribution is 2.30. The van der Waals surface area contributed by atoms with Crippen molar-refractivity contribution in [2.24, 2.45) is 0 Å². The molecular formula is C12H17NO5S2. The van der Waals surface area contributed by atoms with E-state index in [4.69, 9.17) is 10.2 Å². The van der Waals surface area contributed by atoms with Gasteiger partial charge in [-0.25, -0.2) is 13.2 Å². The Morgan fingerprint density at radius 3 is 2.85 bits per heavy atom. The Balaban J connectivity index is 2.22. The van der Waals surface area contributed by atoms with Gasteiger partial charge in [-0.15, -0.1) is 11.3 Å². The van der Waals surface area contributed by atoms with E-state index in [9.17, 15) is 13.2 Å². The van der Waals surface area contributed by atoms with E-state index in [1.807, 2.05) is 0 Å². The van der Waals surface area contributed by atoms with E-state index in [-0.39, 0.29) is 22.4 Å². The highest BCUT2D eigenvalue weighted by atomic mass is 32.2. The van der Waals surface area contributed by atoms with Gasteiger partial charge in [-0.3, -0.25) is 0 Å². The molecule has 2 heterocycles. The number of sulfonamides is 1. The van der Waals surface area contributed by atoms with Gasteiger partial charge in [0.15, 0.2) is 0 Å². The Morgan fingerprint density at radius 1 is 1.50 bits per heavy atom. The van der Waals surface area contributed by atoms with Gasteiger partial charge in [-0.2, -0.15) is 4.31 Å². The monoisotopic (exact) mass is 319 g/mol. The zero-order valence-corrected chi connectivity index (χ0v) is 12.5. The van der Waals surface area contributed by atoms with Gasteiger partial charge in [0.1, 0.15) is 4.88 Å². The van der Waals surface area contributed by atoms with Gasteiger partial charge < -0.3 is 10.2 Å². The van der Waals surface area contributed by atoms with E-state index < -0.39 is 16.0 Å². The minimum atomic E-state index is -3.63. The summed E-state index contributed by atoms with van der Waals surface area (Å²) in [5.74, 6) is -1.12. The first-order chi connectivity index (χ1) is 9.46. The predicted octanol–water partition coefficient (Wildman–Crippen LogP) is 1.37. The molecule has 0 amide bonds. The third-order valence-electron chi connectivity index (χ3n) is 3.41. The molecule has 0 aromatic carbocycles. The Bertz CT molecular complexity index is 580. The van der Waals surface area contributed by atoms with Crippen molar-refractivity contribution in [2.75, 3.05) is 13.2 Å². The van der Waals surface area contributed by atoms with Gasteiger partial charge in [-0.05, 0) is 31.7 Å². The van der Waals surface area contributed by atoms with Crippen molar-refractivity contribution in [3.8, 4) is 0 Å². The number of aliphatic hydroxyl groups is 1. The van der Waals surface area contributed by atoms with Crippen molar-refractivity contribution in [3.05, 3.63) is 16.3 Å². The standard InChI is InChI=1S/C12H17NO5S2/c14-6-2-4-9-3-1-5-13(9)20(17,18)10-7-11(12(15)16)19-8-10/h7-9,14H,1-6H2,(H,15,16). The lowest BCUT2D eigenvalue weighted by molar-refractivity contribution is 0.0702. The second kappa shape index (κ2) is 6.21. The van der Waals surface area contributed by atoms with E-state index in [0.717, 1.165) is 24.2 Å². The van der Waals surface area contributed by atoms with Crippen LogP contribution in [0.4, 0.5) is 0 Å². The number of hydrogen-bond donors (Lipinski definition) is 2. The van der Waals surface area contributed by atoms with Crippen molar-refractivity contribution in [3.63, 3.8) is 0 Å². The molecule has 0 radical (unpaired) electrons. The van der Waals surface area contributed by atoms with Gasteiger partial charge in [-0.1, -0.05) is 0 Å². The molecule has 1 unspecified atom stereocenters. The first-order valence-corrected chi connectivity index (χ1v) is 8.73. The second-order valence-corrected chi connectivity index (χ2v) is 7.53. The first-order valence-electron chi connectivity index (χ1n) is 6.41. The molecule has 0 bridgehead atoms. The molecule has 1 atom stereocenters. The summed E-state index contributed by atoms with van der Waals surface area (Å²) in [7, 11) is -3.63. The molecular weight excluding hydrogens is 302 g/mol. The van der Waals surface area contributed by atoms with Crippen LogP contribution >= 0.6 is 11.3 Å². The van der Waals surface area contributed by atoms with Gasteiger partial charge in [0.2, 0.25) is 10.0 Å². The number of carbonyl (C=O) groups is 1. The van der Waals surface area contributed by atoms with Crippen LogP contribution in [0.1, 0.15) is 35.4 Å². The lowest BCUT2D eigenvalue weighted by atomic mass is 10.1. The third-order valence-corrected chi connectivity index (χ3v) is 6.41. The summed E-state index contributed by atoms with van der Waals surface area (Å²) in [6, 6.07) is 1.12. The van der Waals surface area contributed by atoms with Crippen LogP contribution in [-0.2, 0) is 10.0 Å². The molecule has 0 saturated carbocycles. The minimum Gasteiger partial charge on any atom is -0.477 e. The number of nitrogens with zero attached hydrogens (tertiary/aromatic N) is 1. The van der Waals surface area contributed by atoms with Gasteiger partial charge in [0, 0.05) is 24.6 Å². The van der Waals surface area contributed by atoms with Crippen molar-refractivity contribution in [1.29, 1.82) is 0 Å². The summed E-state index contributed by atoms with van der Waals surface area (Å²) >= 11 is 0.917. The normalized spacial score (nSPS) is 20.4. The summed E-state index contributed by atoms with van der Waals surface area (Å²) in [6.45, 7) is 0.503. The van der Waals surface area contributed by atoms with Gasteiger partial charge in [0.25, 0.3) is 0 Å². The Morgan fingerprint density at radius 2 is 2.25 bits per heavy atom. The maximum Gasteiger partial charge on any atom is 0.345 e. The summed E-state index contributed by atoms with van der Waals surface area (Å²) in [5.41, 5.74) is 0. The molecule has 0 aliphatic carbocycles. The number of carboxylic acid groups (broad SMARTS) is 1. The van der Waals surface area contributed by atoms with Crippen LogP contribution in [0.5, 0.6) is 0 Å². The predicted molar refractivity (Wildman–Crippen MR) is 74.5 cm³/mol. The largest absolute Gasteiger partial charge is 0.477 e. The molecule has 6 nitrogen and oxygen atoms in total. The van der Waals surface area contributed by atoms with Crippen molar-refractivity contribution in [1.82, 2.24) is 4.31 Å². The number of carboxylic acids is 1. The number of aliphatic hydroxyl groups excluding tert-OH is 1. The Kier molecular flexibility index (Phi) is 4.79. The fourth-order valence-electron chi connectivity index (χ4n) is 2.44. The maximum atomic E-state index is 12.5. The van der Waals surface area contributed by atoms with Crippen LogP contribution in [0.25, 0.3) is 0 Å². The summed E-state index contributed by atoms with van der Waals surface area (Å²) < 4.78 is 26.5. The van der Waals surface area contributed by atoms with E-state index in [2.05, 4.69) is 0 Å². The Hall–Kier alpha value is -0.960. The summed E-state index contributed by atoms with van der Waals surface area (Å²) in [5, 5.41) is 19.1. The van der Waals surface area contributed by atoms with E-state index in [0.29, 0.717) is 19.4 Å². The molecule has 0 spiro atoms. The topological polar surface area (TPSA) is 94.9 Å². The smallest absolute Gasteiger partial charge is 0.345 e. The molecule has 1 aromatic rings.